The maximum atomic E-state index is 13.3. The third-order valence-corrected chi connectivity index (χ3v) is 5.45. The van der Waals surface area contributed by atoms with Gasteiger partial charge in [-0.3, -0.25) is 9.69 Å². The summed E-state index contributed by atoms with van der Waals surface area (Å²) in [6.45, 7) is 3.86. The SMILES string of the molecule is CCOC(=O)C1(c2nc3ccccc3[nH]2)C(CC)C(=O)N1c1ccc(OC)cc1. The zero-order valence-electron chi connectivity index (χ0n) is 16.6. The van der Waals surface area contributed by atoms with Gasteiger partial charge >= 0.3 is 5.97 Å². The molecule has 2 atom stereocenters. The van der Waals surface area contributed by atoms with Gasteiger partial charge in [0.15, 0.2) is 0 Å². The van der Waals surface area contributed by atoms with Crippen molar-refractivity contribution in [3.05, 3.63) is 54.4 Å². The second-order valence-corrected chi connectivity index (χ2v) is 6.92. The summed E-state index contributed by atoms with van der Waals surface area (Å²) in [6.07, 6.45) is 0.487. The Bertz CT molecular complexity index is 1030. The number of para-hydroxylation sites is 2. The lowest BCUT2D eigenvalue weighted by atomic mass is 9.70. The molecule has 0 bridgehead atoms. The number of carbonyl (C=O) groups is 2. The number of amides is 1. The van der Waals surface area contributed by atoms with E-state index in [-0.39, 0.29) is 12.5 Å². The van der Waals surface area contributed by atoms with Crippen LogP contribution in [0.15, 0.2) is 48.5 Å². The molecule has 1 N–H and O–H groups in total. The van der Waals surface area contributed by atoms with Crippen molar-refractivity contribution >= 4 is 28.6 Å². The first-order valence-electron chi connectivity index (χ1n) is 9.68. The van der Waals surface area contributed by atoms with Crippen molar-refractivity contribution in [1.82, 2.24) is 9.97 Å². The molecular formula is C22H23N3O4. The number of fused-ring (bicyclic) bond motifs is 1. The largest absolute Gasteiger partial charge is 0.497 e. The number of anilines is 1. The van der Waals surface area contributed by atoms with Crippen molar-refractivity contribution < 1.29 is 19.1 Å². The van der Waals surface area contributed by atoms with Crippen LogP contribution in [0.3, 0.4) is 0 Å². The Labute approximate surface area is 168 Å². The van der Waals surface area contributed by atoms with Crippen LogP contribution in [0.4, 0.5) is 5.69 Å². The fourth-order valence-corrected chi connectivity index (χ4v) is 4.11. The molecule has 0 saturated carbocycles. The summed E-state index contributed by atoms with van der Waals surface area (Å²) in [5, 5.41) is 0. The second kappa shape index (κ2) is 7.24. The lowest BCUT2D eigenvalue weighted by Gasteiger charge is -2.53. The molecule has 0 spiro atoms. The van der Waals surface area contributed by atoms with Gasteiger partial charge in [-0.2, -0.15) is 0 Å². The number of nitrogens with one attached hydrogen (secondary N) is 1. The van der Waals surface area contributed by atoms with E-state index in [0.717, 1.165) is 11.0 Å². The summed E-state index contributed by atoms with van der Waals surface area (Å²) in [7, 11) is 1.58. The number of hydrogen-bond donors (Lipinski definition) is 1. The maximum Gasteiger partial charge on any atom is 0.341 e. The number of H-pyrrole nitrogens is 1. The molecule has 150 valence electrons. The second-order valence-electron chi connectivity index (χ2n) is 6.92. The molecule has 2 heterocycles. The number of rotatable bonds is 6. The Morgan fingerprint density at radius 1 is 1.17 bits per heavy atom. The fraction of sp³-hybridized carbons (Fsp3) is 0.318. The van der Waals surface area contributed by atoms with Crippen LogP contribution in [0.25, 0.3) is 11.0 Å². The quantitative estimate of drug-likeness (QED) is 0.512. The molecule has 1 aliphatic heterocycles. The minimum Gasteiger partial charge on any atom is -0.497 e. The summed E-state index contributed by atoms with van der Waals surface area (Å²) < 4.78 is 10.7. The van der Waals surface area contributed by atoms with E-state index in [1.165, 1.54) is 4.90 Å². The Balaban J connectivity index is 1.92. The summed E-state index contributed by atoms with van der Waals surface area (Å²) in [5.41, 5.74) is 0.786. The molecule has 1 saturated heterocycles. The van der Waals surface area contributed by atoms with Crippen LogP contribution in [-0.2, 0) is 19.9 Å². The van der Waals surface area contributed by atoms with E-state index in [1.54, 1.807) is 38.3 Å². The molecule has 1 amide bonds. The van der Waals surface area contributed by atoms with E-state index in [2.05, 4.69) is 9.97 Å². The van der Waals surface area contributed by atoms with Gasteiger partial charge in [-0.25, -0.2) is 9.78 Å². The van der Waals surface area contributed by atoms with Gasteiger partial charge in [-0.1, -0.05) is 19.1 Å². The summed E-state index contributed by atoms with van der Waals surface area (Å²) >= 11 is 0. The van der Waals surface area contributed by atoms with Crippen molar-refractivity contribution in [1.29, 1.82) is 0 Å². The topological polar surface area (TPSA) is 84.5 Å². The number of imidazole rings is 1. The number of ether oxygens (including phenoxy) is 2. The van der Waals surface area contributed by atoms with E-state index in [9.17, 15) is 9.59 Å². The molecule has 2 aromatic carbocycles. The van der Waals surface area contributed by atoms with Crippen LogP contribution in [0.5, 0.6) is 5.75 Å². The molecule has 3 aromatic rings. The summed E-state index contributed by atoms with van der Waals surface area (Å²) in [5.74, 6) is -0.102. The van der Waals surface area contributed by atoms with Crippen LogP contribution in [0.1, 0.15) is 26.1 Å². The third-order valence-electron chi connectivity index (χ3n) is 5.45. The Morgan fingerprint density at radius 2 is 1.90 bits per heavy atom. The van der Waals surface area contributed by atoms with Gasteiger partial charge in [0.1, 0.15) is 11.6 Å². The smallest absolute Gasteiger partial charge is 0.341 e. The van der Waals surface area contributed by atoms with E-state index in [4.69, 9.17) is 9.47 Å². The highest BCUT2D eigenvalue weighted by atomic mass is 16.5. The standard InChI is InChI=1S/C22H23N3O4/c1-4-16-19(26)25(14-10-12-15(28-3)13-11-14)22(16,21(27)29-5-2)20-23-17-8-6-7-9-18(17)24-20/h6-13,16H,4-5H2,1-3H3,(H,23,24). The van der Waals surface area contributed by atoms with Crippen molar-refractivity contribution in [2.75, 3.05) is 18.6 Å². The van der Waals surface area contributed by atoms with Crippen LogP contribution in [-0.4, -0.2) is 35.6 Å². The number of benzene rings is 2. The van der Waals surface area contributed by atoms with Crippen LogP contribution in [0, 0.1) is 5.92 Å². The zero-order chi connectivity index (χ0) is 20.6. The minimum absolute atomic E-state index is 0.133. The highest BCUT2D eigenvalue weighted by Gasteiger charge is 2.68. The zero-order valence-corrected chi connectivity index (χ0v) is 16.6. The molecule has 4 rings (SSSR count). The molecule has 7 nitrogen and oxygen atoms in total. The monoisotopic (exact) mass is 393 g/mol. The van der Waals surface area contributed by atoms with Gasteiger partial charge in [-0.05, 0) is 49.7 Å². The number of esters is 1. The average Bonchev–Trinajstić information content (AvgIpc) is 3.16. The molecule has 7 heteroatoms. The normalized spacial score (nSPS) is 21.1. The van der Waals surface area contributed by atoms with Gasteiger partial charge in [0.2, 0.25) is 11.4 Å². The van der Waals surface area contributed by atoms with Crippen molar-refractivity contribution in [3.63, 3.8) is 0 Å². The molecule has 1 aromatic heterocycles. The minimum atomic E-state index is -1.34. The van der Waals surface area contributed by atoms with Gasteiger partial charge in [0.05, 0.1) is 30.7 Å². The molecule has 29 heavy (non-hydrogen) atoms. The predicted molar refractivity (Wildman–Crippen MR) is 109 cm³/mol. The van der Waals surface area contributed by atoms with E-state index in [1.807, 2.05) is 31.2 Å². The number of aromatic amines is 1. The number of hydrogen-bond acceptors (Lipinski definition) is 5. The third kappa shape index (κ3) is 2.68. The highest BCUT2D eigenvalue weighted by Crippen LogP contribution is 2.50. The lowest BCUT2D eigenvalue weighted by molar-refractivity contribution is -0.164. The first-order valence-corrected chi connectivity index (χ1v) is 9.68. The molecule has 0 aliphatic carbocycles. The van der Waals surface area contributed by atoms with Crippen molar-refractivity contribution in [3.8, 4) is 5.75 Å². The van der Waals surface area contributed by atoms with Crippen molar-refractivity contribution in [2.45, 2.75) is 25.8 Å². The fourth-order valence-electron chi connectivity index (χ4n) is 4.11. The first kappa shape index (κ1) is 19.0. The number of β-lactam (4-membered cyclic amide) rings is 1. The number of aromatic nitrogens is 2. The van der Waals surface area contributed by atoms with E-state index >= 15 is 0 Å². The predicted octanol–water partition coefficient (Wildman–Crippen LogP) is 3.40. The van der Waals surface area contributed by atoms with Gasteiger partial charge in [-0.15, -0.1) is 0 Å². The van der Waals surface area contributed by atoms with Gasteiger partial charge in [0.25, 0.3) is 0 Å². The molecule has 1 aliphatic rings. The van der Waals surface area contributed by atoms with Crippen LogP contribution < -0.4 is 9.64 Å². The number of nitrogens with zero attached hydrogens (tertiary/aromatic N) is 2. The van der Waals surface area contributed by atoms with E-state index < -0.39 is 17.4 Å². The maximum absolute atomic E-state index is 13.3. The Morgan fingerprint density at radius 3 is 2.52 bits per heavy atom. The molecule has 1 fully saturated rings. The summed E-state index contributed by atoms with van der Waals surface area (Å²) in [4.78, 5) is 35.9. The average molecular weight is 393 g/mol. The lowest BCUT2D eigenvalue weighted by Crippen LogP contribution is -2.73. The Kier molecular flexibility index (Phi) is 4.74. The van der Waals surface area contributed by atoms with Crippen molar-refractivity contribution in [2.24, 2.45) is 5.92 Å². The first-order chi connectivity index (χ1) is 14.1. The highest BCUT2D eigenvalue weighted by molar-refractivity contribution is 6.14. The Hall–Kier alpha value is -3.35. The molecule has 0 radical (unpaired) electrons. The van der Waals surface area contributed by atoms with Crippen LogP contribution >= 0.6 is 0 Å². The molecule has 2 unspecified atom stereocenters. The van der Waals surface area contributed by atoms with Crippen LogP contribution in [0.2, 0.25) is 0 Å². The van der Waals surface area contributed by atoms with Gasteiger partial charge < -0.3 is 14.5 Å². The summed E-state index contributed by atoms with van der Waals surface area (Å²) in [6, 6.07) is 14.6. The number of carbonyl (C=O) groups excluding carboxylic acids is 2. The molecular weight excluding hydrogens is 370 g/mol. The van der Waals surface area contributed by atoms with E-state index in [0.29, 0.717) is 23.7 Å². The van der Waals surface area contributed by atoms with Gasteiger partial charge in [0, 0.05) is 5.69 Å². The number of methoxy groups -OCH3 is 1.